The third-order valence-corrected chi connectivity index (χ3v) is 6.54. The normalized spacial score (nSPS) is 15.7. The fraction of sp³-hybridized carbons (Fsp3) is 0.167. The van der Waals surface area contributed by atoms with Crippen LogP contribution >= 0.6 is 27.7 Å². The summed E-state index contributed by atoms with van der Waals surface area (Å²) in [6, 6.07) is 22.5. The summed E-state index contributed by atoms with van der Waals surface area (Å²) >= 11 is 4.97. The molecule has 0 bridgehead atoms. The molecule has 1 unspecified atom stereocenters. The summed E-state index contributed by atoms with van der Waals surface area (Å²) in [5.41, 5.74) is 3.13. The number of anilines is 2. The van der Waals surface area contributed by atoms with E-state index in [0.29, 0.717) is 23.6 Å². The first-order valence-electron chi connectivity index (χ1n) is 9.88. The highest BCUT2D eigenvalue weighted by Crippen LogP contribution is 2.42. The molecule has 1 aliphatic rings. The van der Waals surface area contributed by atoms with E-state index in [1.807, 2.05) is 72.5 Å². The fourth-order valence-corrected chi connectivity index (χ4v) is 4.96. The van der Waals surface area contributed by atoms with Crippen LogP contribution < -0.4 is 15.0 Å². The van der Waals surface area contributed by atoms with E-state index >= 15 is 0 Å². The predicted molar refractivity (Wildman–Crippen MR) is 129 cm³/mol. The number of thioether (sulfide) groups is 1. The number of carbonyl (C=O) groups excluding carboxylic acids is 2. The molecular formula is C24H21BrN2O3S. The molecule has 1 atom stereocenters. The fourth-order valence-electron chi connectivity index (χ4n) is 3.38. The zero-order valence-electron chi connectivity index (χ0n) is 16.9. The van der Waals surface area contributed by atoms with E-state index in [-0.39, 0.29) is 17.2 Å². The summed E-state index contributed by atoms with van der Waals surface area (Å²) in [7, 11) is 0. The van der Waals surface area contributed by atoms with Crippen LogP contribution in [-0.4, -0.2) is 24.2 Å². The molecule has 0 spiro atoms. The van der Waals surface area contributed by atoms with Crippen molar-refractivity contribution < 1.29 is 14.3 Å². The standard InChI is InChI=1S/C24H21BrN2O3S/c1-2-30-21-12-10-20(11-13-21)27-22(28)15-31-24(27)16-6-8-19(9-7-16)26-23(29)17-4-3-5-18(25)14-17/h3-14,24H,2,15H2,1H3,(H,26,29). The average Bonchev–Trinajstić information content (AvgIpc) is 3.16. The SMILES string of the molecule is CCOc1ccc(N2C(=O)CSC2c2ccc(NC(=O)c3cccc(Br)c3)cc2)cc1. The maximum atomic E-state index is 12.6. The van der Waals surface area contributed by atoms with Gasteiger partial charge in [-0.1, -0.05) is 34.1 Å². The average molecular weight is 497 g/mol. The van der Waals surface area contributed by atoms with Crippen molar-refractivity contribution in [3.05, 3.63) is 88.4 Å². The zero-order chi connectivity index (χ0) is 21.8. The van der Waals surface area contributed by atoms with Gasteiger partial charge in [-0.05, 0) is 67.1 Å². The molecule has 3 aromatic carbocycles. The van der Waals surface area contributed by atoms with E-state index in [0.717, 1.165) is 21.5 Å². The van der Waals surface area contributed by atoms with Gasteiger partial charge < -0.3 is 10.1 Å². The van der Waals surface area contributed by atoms with E-state index < -0.39 is 0 Å². The van der Waals surface area contributed by atoms with E-state index in [1.165, 1.54) is 0 Å². The number of rotatable bonds is 6. The van der Waals surface area contributed by atoms with Crippen LogP contribution in [0.4, 0.5) is 11.4 Å². The van der Waals surface area contributed by atoms with Crippen molar-refractivity contribution >= 4 is 50.9 Å². The van der Waals surface area contributed by atoms with Gasteiger partial charge in [0.1, 0.15) is 11.1 Å². The summed E-state index contributed by atoms with van der Waals surface area (Å²) in [5.74, 6) is 1.12. The monoisotopic (exact) mass is 496 g/mol. The molecule has 0 saturated carbocycles. The number of carbonyl (C=O) groups is 2. The predicted octanol–water partition coefficient (Wildman–Crippen LogP) is 5.88. The van der Waals surface area contributed by atoms with Crippen molar-refractivity contribution in [2.24, 2.45) is 0 Å². The highest BCUT2D eigenvalue weighted by molar-refractivity contribution is 9.10. The molecule has 0 radical (unpaired) electrons. The minimum Gasteiger partial charge on any atom is -0.494 e. The Kier molecular flexibility index (Phi) is 6.63. The van der Waals surface area contributed by atoms with Gasteiger partial charge in [0, 0.05) is 21.4 Å². The Morgan fingerprint density at radius 1 is 1.13 bits per heavy atom. The first kappa shape index (κ1) is 21.5. The number of hydrogen-bond donors (Lipinski definition) is 1. The van der Waals surface area contributed by atoms with Crippen molar-refractivity contribution in [3.63, 3.8) is 0 Å². The third-order valence-electron chi connectivity index (χ3n) is 4.83. The number of nitrogens with one attached hydrogen (secondary N) is 1. The molecule has 5 nitrogen and oxygen atoms in total. The topological polar surface area (TPSA) is 58.6 Å². The highest BCUT2D eigenvalue weighted by Gasteiger charge is 2.34. The molecule has 0 aliphatic carbocycles. The van der Waals surface area contributed by atoms with Crippen molar-refractivity contribution in [1.29, 1.82) is 0 Å². The van der Waals surface area contributed by atoms with Gasteiger partial charge in [-0.25, -0.2) is 0 Å². The summed E-state index contributed by atoms with van der Waals surface area (Å²) in [6.45, 7) is 2.54. The van der Waals surface area contributed by atoms with Crippen LogP contribution in [0, 0.1) is 0 Å². The van der Waals surface area contributed by atoms with Gasteiger partial charge in [-0.3, -0.25) is 14.5 Å². The maximum Gasteiger partial charge on any atom is 0.255 e. The lowest BCUT2D eigenvalue weighted by molar-refractivity contribution is -0.115. The Bertz CT molecular complexity index is 1090. The second-order valence-electron chi connectivity index (χ2n) is 6.94. The van der Waals surface area contributed by atoms with Crippen LogP contribution in [0.3, 0.4) is 0 Å². The molecular weight excluding hydrogens is 476 g/mol. The molecule has 2 amide bonds. The number of halogens is 1. The van der Waals surface area contributed by atoms with Crippen molar-refractivity contribution in [2.75, 3.05) is 22.6 Å². The van der Waals surface area contributed by atoms with Crippen molar-refractivity contribution in [1.82, 2.24) is 0 Å². The molecule has 1 saturated heterocycles. The number of ether oxygens (including phenoxy) is 1. The van der Waals surface area contributed by atoms with Gasteiger partial charge in [-0.2, -0.15) is 0 Å². The Balaban J connectivity index is 1.49. The van der Waals surface area contributed by atoms with E-state index in [9.17, 15) is 9.59 Å². The Labute approximate surface area is 193 Å². The van der Waals surface area contributed by atoms with Crippen LogP contribution in [0.2, 0.25) is 0 Å². The van der Waals surface area contributed by atoms with Gasteiger partial charge >= 0.3 is 0 Å². The molecule has 1 aliphatic heterocycles. The summed E-state index contributed by atoms with van der Waals surface area (Å²) < 4.78 is 6.35. The van der Waals surface area contributed by atoms with Gasteiger partial charge in [0.25, 0.3) is 5.91 Å². The Hall–Kier alpha value is -2.77. The van der Waals surface area contributed by atoms with Gasteiger partial charge in [0.15, 0.2) is 0 Å². The largest absolute Gasteiger partial charge is 0.494 e. The third kappa shape index (κ3) is 4.94. The first-order valence-corrected chi connectivity index (χ1v) is 11.7. The van der Waals surface area contributed by atoms with Gasteiger partial charge in [0.05, 0.1) is 12.4 Å². The van der Waals surface area contributed by atoms with Crippen LogP contribution in [0.5, 0.6) is 5.75 Å². The Morgan fingerprint density at radius 3 is 2.55 bits per heavy atom. The molecule has 1 N–H and O–H groups in total. The molecule has 4 rings (SSSR count). The van der Waals surface area contributed by atoms with Crippen LogP contribution in [0.25, 0.3) is 0 Å². The Morgan fingerprint density at radius 2 is 1.87 bits per heavy atom. The lowest BCUT2D eigenvalue weighted by atomic mass is 10.1. The molecule has 3 aromatic rings. The molecule has 1 fully saturated rings. The quantitative estimate of drug-likeness (QED) is 0.462. The second kappa shape index (κ2) is 9.58. The minimum absolute atomic E-state index is 0.0752. The molecule has 158 valence electrons. The van der Waals surface area contributed by atoms with Crippen LogP contribution in [0.15, 0.2) is 77.3 Å². The second-order valence-corrected chi connectivity index (χ2v) is 8.92. The van der Waals surface area contributed by atoms with Crippen LogP contribution in [-0.2, 0) is 4.79 Å². The van der Waals surface area contributed by atoms with E-state index in [2.05, 4.69) is 21.2 Å². The maximum absolute atomic E-state index is 12.6. The smallest absolute Gasteiger partial charge is 0.255 e. The number of hydrogen-bond acceptors (Lipinski definition) is 4. The molecule has 1 heterocycles. The van der Waals surface area contributed by atoms with Gasteiger partial charge in [0.2, 0.25) is 5.91 Å². The summed E-state index contributed by atoms with van der Waals surface area (Å²) in [4.78, 5) is 26.9. The lowest BCUT2D eigenvalue weighted by Crippen LogP contribution is -2.27. The molecule has 0 aromatic heterocycles. The summed E-state index contributed by atoms with van der Waals surface area (Å²) in [5, 5.41) is 2.80. The first-order chi connectivity index (χ1) is 15.0. The van der Waals surface area contributed by atoms with Crippen molar-refractivity contribution in [2.45, 2.75) is 12.3 Å². The summed E-state index contributed by atoms with van der Waals surface area (Å²) in [6.07, 6.45) is 0. The zero-order valence-corrected chi connectivity index (χ0v) is 19.3. The van der Waals surface area contributed by atoms with Crippen LogP contribution in [0.1, 0.15) is 28.2 Å². The number of nitrogens with zero attached hydrogens (tertiary/aromatic N) is 1. The molecule has 7 heteroatoms. The number of amides is 2. The minimum atomic E-state index is -0.171. The van der Waals surface area contributed by atoms with E-state index in [4.69, 9.17) is 4.74 Å². The van der Waals surface area contributed by atoms with Gasteiger partial charge in [-0.15, -0.1) is 11.8 Å². The lowest BCUT2D eigenvalue weighted by Gasteiger charge is -2.24. The highest BCUT2D eigenvalue weighted by atomic mass is 79.9. The number of benzene rings is 3. The van der Waals surface area contributed by atoms with Crippen molar-refractivity contribution in [3.8, 4) is 5.75 Å². The molecule has 31 heavy (non-hydrogen) atoms. The van der Waals surface area contributed by atoms with E-state index in [1.54, 1.807) is 23.9 Å².